The Labute approximate surface area is 149 Å². The summed E-state index contributed by atoms with van der Waals surface area (Å²) in [5.74, 6) is 1.33. The molecule has 0 amide bonds. The van der Waals surface area contributed by atoms with Crippen molar-refractivity contribution in [2.24, 2.45) is 0 Å². The summed E-state index contributed by atoms with van der Waals surface area (Å²) in [5, 5.41) is 7.25. The Balaban J connectivity index is 0.00000208. The average Bonchev–Trinajstić information content (AvgIpc) is 3.04. The van der Waals surface area contributed by atoms with Crippen LogP contribution in [0.2, 0.25) is 0 Å². The first-order valence-electron chi connectivity index (χ1n) is 8.14. The molecule has 1 unspecified atom stereocenters. The van der Waals surface area contributed by atoms with Crippen molar-refractivity contribution in [3.05, 3.63) is 35.7 Å². The van der Waals surface area contributed by atoms with E-state index >= 15 is 0 Å². The van der Waals surface area contributed by atoms with Gasteiger partial charge >= 0.3 is 0 Å². The lowest BCUT2D eigenvalue weighted by atomic mass is 10.1. The highest BCUT2D eigenvalue weighted by Gasteiger charge is 2.14. The Kier molecular flexibility index (Phi) is 7.17. The van der Waals surface area contributed by atoms with Crippen molar-refractivity contribution in [2.75, 3.05) is 33.4 Å². The zero-order valence-corrected chi connectivity index (χ0v) is 15.0. The van der Waals surface area contributed by atoms with Crippen LogP contribution in [0.3, 0.4) is 0 Å². The van der Waals surface area contributed by atoms with Crippen LogP contribution in [-0.4, -0.2) is 54.4 Å². The van der Waals surface area contributed by atoms with E-state index in [2.05, 4.69) is 39.4 Å². The maximum atomic E-state index is 5.42. The van der Waals surface area contributed by atoms with E-state index in [1.165, 1.54) is 5.56 Å². The van der Waals surface area contributed by atoms with Gasteiger partial charge in [0.15, 0.2) is 5.82 Å². The number of hydrogen-bond donors (Lipinski definition) is 1. The SMILES string of the molecule is CNC(C)Cc1noc(-c2cccc(CN3CCOCC3)c2)n1.Cl. The monoisotopic (exact) mass is 352 g/mol. The van der Waals surface area contributed by atoms with Crippen LogP contribution in [-0.2, 0) is 17.7 Å². The van der Waals surface area contributed by atoms with Crippen LogP contribution in [0, 0.1) is 0 Å². The normalized spacial score (nSPS) is 16.6. The summed E-state index contributed by atoms with van der Waals surface area (Å²) in [5.41, 5.74) is 2.24. The molecular formula is C17H25ClN4O2. The molecule has 0 spiro atoms. The third-order valence-electron chi connectivity index (χ3n) is 4.13. The number of morpholine rings is 1. The van der Waals surface area contributed by atoms with Crippen molar-refractivity contribution >= 4 is 12.4 Å². The van der Waals surface area contributed by atoms with Crippen molar-refractivity contribution in [1.29, 1.82) is 0 Å². The van der Waals surface area contributed by atoms with Gasteiger partial charge < -0.3 is 14.6 Å². The molecule has 132 valence electrons. The number of rotatable bonds is 6. The molecule has 1 atom stereocenters. The summed E-state index contributed by atoms with van der Waals surface area (Å²) >= 11 is 0. The van der Waals surface area contributed by atoms with E-state index in [1.54, 1.807) is 0 Å². The number of hydrogen-bond acceptors (Lipinski definition) is 6. The highest BCUT2D eigenvalue weighted by molar-refractivity contribution is 5.85. The van der Waals surface area contributed by atoms with Crippen molar-refractivity contribution in [2.45, 2.75) is 25.9 Å². The summed E-state index contributed by atoms with van der Waals surface area (Å²) in [6.45, 7) is 6.62. The first-order chi connectivity index (χ1) is 11.2. The van der Waals surface area contributed by atoms with E-state index < -0.39 is 0 Å². The van der Waals surface area contributed by atoms with E-state index in [9.17, 15) is 0 Å². The third kappa shape index (κ3) is 5.01. The molecule has 3 rings (SSSR count). The minimum Gasteiger partial charge on any atom is -0.379 e. The molecule has 1 aliphatic heterocycles. The Morgan fingerprint density at radius 1 is 1.29 bits per heavy atom. The maximum Gasteiger partial charge on any atom is 0.257 e. The molecule has 2 aromatic rings. The van der Waals surface area contributed by atoms with Gasteiger partial charge in [0, 0.05) is 37.7 Å². The fraction of sp³-hybridized carbons (Fsp3) is 0.529. The molecule has 1 aromatic heterocycles. The van der Waals surface area contributed by atoms with Crippen LogP contribution in [0.5, 0.6) is 0 Å². The molecule has 24 heavy (non-hydrogen) atoms. The second kappa shape index (κ2) is 9.13. The quantitative estimate of drug-likeness (QED) is 0.859. The largest absolute Gasteiger partial charge is 0.379 e. The van der Waals surface area contributed by atoms with Gasteiger partial charge in [-0.3, -0.25) is 4.90 Å². The summed E-state index contributed by atoms with van der Waals surface area (Å²) < 4.78 is 10.8. The summed E-state index contributed by atoms with van der Waals surface area (Å²) in [6, 6.07) is 8.66. The smallest absolute Gasteiger partial charge is 0.257 e. The molecule has 0 radical (unpaired) electrons. The Hall–Kier alpha value is -1.47. The van der Waals surface area contributed by atoms with Crippen molar-refractivity contribution < 1.29 is 9.26 Å². The van der Waals surface area contributed by atoms with Gasteiger partial charge in [-0.25, -0.2) is 0 Å². The molecule has 2 heterocycles. The fourth-order valence-corrected chi connectivity index (χ4v) is 2.65. The van der Waals surface area contributed by atoms with Crippen LogP contribution in [0.1, 0.15) is 18.3 Å². The van der Waals surface area contributed by atoms with E-state index in [1.807, 2.05) is 19.2 Å². The number of nitrogens with one attached hydrogen (secondary N) is 1. The fourth-order valence-electron chi connectivity index (χ4n) is 2.65. The lowest BCUT2D eigenvalue weighted by Crippen LogP contribution is -2.35. The highest BCUT2D eigenvalue weighted by Crippen LogP contribution is 2.20. The summed E-state index contributed by atoms with van der Waals surface area (Å²) in [4.78, 5) is 6.90. The predicted molar refractivity (Wildman–Crippen MR) is 95.3 cm³/mol. The van der Waals surface area contributed by atoms with E-state index in [-0.39, 0.29) is 12.4 Å². The lowest BCUT2D eigenvalue weighted by Gasteiger charge is -2.26. The Morgan fingerprint density at radius 2 is 2.08 bits per heavy atom. The molecule has 7 heteroatoms. The summed E-state index contributed by atoms with van der Waals surface area (Å²) in [6.07, 6.45) is 0.757. The van der Waals surface area contributed by atoms with E-state index in [0.29, 0.717) is 11.9 Å². The number of benzene rings is 1. The third-order valence-corrected chi connectivity index (χ3v) is 4.13. The van der Waals surface area contributed by atoms with Gasteiger partial charge in [0.25, 0.3) is 5.89 Å². The van der Waals surface area contributed by atoms with Crippen molar-refractivity contribution in [1.82, 2.24) is 20.4 Å². The highest BCUT2D eigenvalue weighted by atomic mass is 35.5. The molecule has 1 fully saturated rings. The predicted octanol–water partition coefficient (Wildman–Crippen LogP) is 2.14. The first-order valence-corrected chi connectivity index (χ1v) is 8.14. The zero-order valence-electron chi connectivity index (χ0n) is 14.2. The minimum absolute atomic E-state index is 0. The number of aromatic nitrogens is 2. The Morgan fingerprint density at radius 3 is 2.83 bits per heavy atom. The Bertz CT molecular complexity index is 629. The van der Waals surface area contributed by atoms with Crippen LogP contribution >= 0.6 is 12.4 Å². The molecule has 1 aliphatic rings. The molecular weight excluding hydrogens is 328 g/mol. The molecule has 0 saturated carbocycles. The summed E-state index contributed by atoms with van der Waals surface area (Å²) in [7, 11) is 1.93. The molecule has 1 aromatic carbocycles. The first kappa shape index (κ1) is 18.9. The second-order valence-corrected chi connectivity index (χ2v) is 6.00. The molecule has 1 N–H and O–H groups in total. The van der Waals surface area contributed by atoms with Crippen molar-refractivity contribution in [3.8, 4) is 11.5 Å². The van der Waals surface area contributed by atoms with E-state index in [4.69, 9.17) is 9.26 Å². The number of likely N-dealkylation sites (N-methyl/N-ethyl adjacent to an activating group) is 1. The minimum atomic E-state index is 0. The number of halogens is 1. The van der Waals surface area contributed by atoms with Gasteiger partial charge in [-0.15, -0.1) is 12.4 Å². The lowest BCUT2D eigenvalue weighted by molar-refractivity contribution is 0.0342. The standard InChI is InChI=1S/C17H24N4O2.ClH/c1-13(18-2)10-16-19-17(23-20-16)15-5-3-4-14(11-15)12-21-6-8-22-9-7-21;/h3-5,11,13,18H,6-10,12H2,1-2H3;1H. The van der Waals surface area contributed by atoms with Gasteiger partial charge in [0.2, 0.25) is 0 Å². The second-order valence-electron chi connectivity index (χ2n) is 6.00. The zero-order chi connectivity index (χ0) is 16.1. The van der Waals surface area contributed by atoms with Crippen LogP contribution in [0.4, 0.5) is 0 Å². The van der Waals surface area contributed by atoms with Gasteiger partial charge in [-0.2, -0.15) is 4.98 Å². The topological polar surface area (TPSA) is 63.4 Å². The molecule has 6 nitrogen and oxygen atoms in total. The van der Waals surface area contributed by atoms with Gasteiger partial charge in [-0.05, 0) is 31.7 Å². The van der Waals surface area contributed by atoms with Crippen LogP contribution < -0.4 is 5.32 Å². The maximum absolute atomic E-state index is 5.42. The molecule has 1 saturated heterocycles. The van der Waals surface area contributed by atoms with Gasteiger partial charge in [0.05, 0.1) is 13.2 Å². The van der Waals surface area contributed by atoms with Gasteiger partial charge in [0.1, 0.15) is 0 Å². The van der Waals surface area contributed by atoms with Crippen LogP contribution in [0.25, 0.3) is 11.5 Å². The molecule has 0 aliphatic carbocycles. The number of ether oxygens (including phenoxy) is 1. The van der Waals surface area contributed by atoms with Crippen LogP contribution in [0.15, 0.2) is 28.8 Å². The van der Waals surface area contributed by atoms with E-state index in [0.717, 1.165) is 50.7 Å². The number of nitrogens with zero attached hydrogens (tertiary/aromatic N) is 3. The molecule has 0 bridgehead atoms. The van der Waals surface area contributed by atoms with Gasteiger partial charge in [-0.1, -0.05) is 17.3 Å². The van der Waals surface area contributed by atoms with Crippen molar-refractivity contribution in [3.63, 3.8) is 0 Å². The average molecular weight is 353 g/mol.